The third-order valence-electron chi connectivity index (χ3n) is 5.16. The van der Waals surface area contributed by atoms with Crippen molar-refractivity contribution >= 4 is 57.5 Å². The first-order chi connectivity index (χ1) is 15.9. The van der Waals surface area contributed by atoms with E-state index in [0.717, 1.165) is 25.6 Å². The van der Waals surface area contributed by atoms with Crippen LogP contribution in [-0.2, 0) is 4.79 Å². The van der Waals surface area contributed by atoms with Gasteiger partial charge in [-0.1, -0.05) is 47.3 Å². The number of amides is 2. The minimum Gasteiger partial charge on any atom is -0.336 e. The molecule has 1 saturated heterocycles. The van der Waals surface area contributed by atoms with Crippen LogP contribution in [0, 0.1) is 6.92 Å². The average Bonchev–Trinajstić information content (AvgIpc) is 3.27. The van der Waals surface area contributed by atoms with Gasteiger partial charge < -0.3 is 15.1 Å². The number of aromatic nitrogens is 2. The van der Waals surface area contributed by atoms with Gasteiger partial charge in [0.1, 0.15) is 5.82 Å². The highest BCUT2D eigenvalue weighted by molar-refractivity contribution is 8.01. The Labute approximate surface area is 205 Å². The normalized spacial score (nSPS) is 13.6. The van der Waals surface area contributed by atoms with Crippen LogP contribution in [0.2, 0.25) is 5.02 Å². The second-order valence-corrected chi connectivity index (χ2v) is 10.1. The molecule has 0 radical (unpaired) electrons. The predicted octanol–water partition coefficient (Wildman–Crippen LogP) is 4.87. The summed E-state index contributed by atoms with van der Waals surface area (Å²) >= 11 is 9.46. The Morgan fingerprint density at radius 2 is 1.94 bits per heavy atom. The number of hydrogen-bond acceptors (Lipinski definition) is 7. The summed E-state index contributed by atoms with van der Waals surface area (Å²) in [6, 6.07) is 9.30. The number of aryl methyl sites for hydroxylation is 1. The zero-order valence-corrected chi connectivity index (χ0v) is 20.3. The van der Waals surface area contributed by atoms with Gasteiger partial charge >= 0.3 is 0 Å². The highest BCUT2D eigenvalue weighted by Crippen LogP contribution is 2.39. The Bertz CT molecular complexity index is 1180. The second kappa shape index (κ2) is 10.4. The Kier molecular flexibility index (Phi) is 7.32. The van der Waals surface area contributed by atoms with E-state index in [9.17, 15) is 9.59 Å². The smallest absolute Gasteiger partial charge is 0.254 e. The number of anilines is 2. The van der Waals surface area contributed by atoms with E-state index in [1.54, 1.807) is 22.2 Å². The maximum Gasteiger partial charge on any atom is 0.254 e. The van der Waals surface area contributed by atoms with Crippen molar-refractivity contribution in [2.24, 2.45) is 0 Å². The van der Waals surface area contributed by atoms with Crippen LogP contribution >= 0.6 is 34.7 Å². The second-order valence-electron chi connectivity index (χ2n) is 7.35. The quantitative estimate of drug-likeness (QED) is 0.488. The van der Waals surface area contributed by atoms with Gasteiger partial charge in [-0.25, -0.2) is 9.97 Å². The van der Waals surface area contributed by atoms with E-state index in [4.69, 9.17) is 11.6 Å². The minimum absolute atomic E-state index is 0.0569. The zero-order valence-electron chi connectivity index (χ0n) is 18.0. The number of hydrogen-bond donors (Lipinski definition) is 1. The van der Waals surface area contributed by atoms with Gasteiger partial charge in [0.05, 0.1) is 15.4 Å². The summed E-state index contributed by atoms with van der Waals surface area (Å²) in [7, 11) is 0. The lowest BCUT2D eigenvalue weighted by Gasteiger charge is -2.34. The summed E-state index contributed by atoms with van der Waals surface area (Å²) < 4.78 is 0.939. The van der Waals surface area contributed by atoms with E-state index in [1.807, 2.05) is 37.3 Å². The molecule has 4 rings (SSSR count). The highest BCUT2D eigenvalue weighted by atomic mass is 35.5. The molecule has 0 atom stereocenters. The van der Waals surface area contributed by atoms with Crippen LogP contribution in [0.3, 0.4) is 0 Å². The fraction of sp³-hybridized carbons (Fsp3) is 0.217. The standard InChI is InChI=1S/C23H22ClN5O2S2/c1-3-20(30)28-8-10-29(11-9-28)22(31)16-13-18(17(24)12-15(16)2)32-21-14-26-23(33-21)27-19-6-4-5-7-25-19/h3-7,12-14H,1,8-11H2,2H3,(H,25,26,27). The van der Waals surface area contributed by atoms with Crippen molar-refractivity contribution in [2.75, 3.05) is 31.5 Å². The molecular weight excluding hydrogens is 478 g/mol. The molecule has 2 aromatic heterocycles. The maximum atomic E-state index is 13.2. The summed E-state index contributed by atoms with van der Waals surface area (Å²) in [6.07, 6.45) is 4.79. The molecule has 1 fully saturated rings. The van der Waals surface area contributed by atoms with E-state index < -0.39 is 0 Å². The van der Waals surface area contributed by atoms with Crippen LogP contribution in [0.1, 0.15) is 15.9 Å². The summed E-state index contributed by atoms with van der Waals surface area (Å²) in [5.41, 5.74) is 1.43. The molecule has 2 amide bonds. The molecule has 10 heteroatoms. The first-order valence-corrected chi connectivity index (χ1v) is 12.3. The predicted molar refractivity (Wildman–Crippen MR) is 133 cm³/mol. The molecule has 1 aromatic carbocycles. The first-order valence-electron chi connectivity index (χ1n) is 10.3. The third-order valence-corrected chi connectivity index (χ3v) is 7.65. The number of nitrogens with zero attached hydrogens (tertiary/aromatic N) is 4. The Balaban J connectivity index is 1.47. The molecule has 0 saturated carbocycles. The lowest BCUT2D eigenvalue weighted by Crippen LogP contribution is -2.50. The first kappa shape index (κ1) is 23.3. The van der Waals surface area contributed by atoms with Crippen LogP contribution < -0.4 is 5.32 Å². The molecule has 3 heterocycles. The molecular formula is C23H22ClN5O2S2. The molecule has 1 aliphatic rings. The van der Waals surface area contributed by atoms with Gasteiger partial charge in [0.2, 0.25) is 5.91 Å². The third kappa shape index (κ3) is 5.55. The SMILES string of the molecule is C=CC(=O)N1CCN(C(=O)c2cc(Sc3cnc(Nc4ccccn4)s3)c(Cl)cc2C)CC1. The number of piperazine rings is 1. The van der Waals surface area contributed by atoms with Gasteiger partial charge in [-0.05, 0) is 42.8 Å². The van der Waals surface area contributed by atoms with E-state index in [-0.39, 0.29) is 11.8 Å². The van der Waals surface area contributed by atoms with E-state index in [1.165, 1.54) is 29.2 Å². The van der Waals surface area contributed by atoms with E-state index in [0.29, 0.717) is 36.8 Å². The van der Waals surface area contributed by atoms with Gasteiger partial charge in [0.25, 0.3) is 5.91 Å². The van der Waals surface area contributed by atoms with Crippen LogP contribution in [0.5, 0.6) is 0 Å². The zero-order chi connectivity index (χ0) is 23.4. The van der Waals surface area contributed by atoms with Gasteiger partial charge in [0.15, 0.2) is 5.13 Å². The van der Waals surface area contributed by atoms with Crippen LogP contribution in [-0.4, -0.2) is 57.8 Å². The summed E-state index contributed by atoms with van der Waals surface area (Å²) in [5.74, 6) is 0.558. The van der Waals surface area contributed by atoms with Gasteiger partial charge in [0, 0.05) is 42.8 Å². The van der Waals surface area contributed by atoms with Crippen molar-refractivity contribution in [1.29, 1.82) is 0 Å². The molecule has 1 aliphatic heterocycles. The Morgan fingerprint density at radius 3 is 2.64 bits per heavy atom. The van der Waals surface area contributed by atoms with Crippen molar-refractivity contribution in [3.05, 3.63) is 71.5 Å². The van der Waals surface area contributed by atoms with Gasteiger partial charge in [-0.15, -0.1) is 0 Å². The van der Waals surface area contributed by atoms with Crippen LogP contribution in [0.15, 0.2) is 64.5 Å². The van der Waals surface area contributed by atoms with E-state index in [2.05, 4.69) is 21.9 Å². The van der Waals surface area contributed by atoms with Crippen molar-refractivity contribution in [3.8, 4) is 0 Å². The van der Waals surface area contributed by atoms with Gasteiger partial charge in [-0.2, -0.15) is 0 Å². The highest BCUT2D eigenvalue weighted by Gasteiger charge is 2.25. The molecule has 0 spiro atoms. The number of rotatable bonds is 6. The molecule has 1 N–H and O–H groups in total. The number of nitrogens with one attached hydrogen (secondary N) is 1. The van der Waals surface area contributed by atoms with Crippen molar-refractivity contribution in [1.82, 2.24) is 19.8 Å². The number of carbonyl (C=O) groups excluding carboxylic acids is 2. The Morgan fingerprint density at radius 1 is 1.18 bits per heavy atom. The molecule has 3 aromatic rings. The number of benzene rings is 1. The summed E-state index contributed by atoms with van der Waals surface area (Å²) in [5, 5.41) is 4.49. The van der Waals surface area contributed by atoms with Crippen molar-refractivity contribution in [2.45, 2.75) is 16.0 Å². The van der Waals surface area contributed by atoms with Crippen molar-refractivity contribution in [3.63, 3.8) is 0 Å². The molecule has 170 valence electrons. The fourth-order valence-electron chi connectivity index (χ4n) is 3.41. The molecule has 0 bridgehead atoms. The van der Waals surface area contributed by atoms with Crippen LogP contribution in [0.4, 0.5) is 10.9 Å². The molecule has 0 aliphatic carbocycles. The minimum atomic E-state index is -0.107. The lowest BCUT2D eigenvalue weighted by atomic mass is 10.1. The van der Waals surface area contributed by atoms with Gasteiger partial charge in [-0.3, -0.25) is 9.59 Å². The van der Waals surface area contributed by atoms with E-state index >= 15 is 0 Å². The fourth-order valence-corrected chi connectivity index (χ4v) is 5.63. The average molecular weight is 500 g/mol. The largest absolute Gasteiger partial charge is 0.336 e. The summed E-state index contributed by atoms with van der Waals surface area (Å²) in [4.78, 5) is 37.9. The van der Waals surface area contributed by atoms with Crippen LogP contribution in [0.25, 0.3) is 0 Å². The monoisotopic (exact) mass is 499 g/mol. The number of thiazole rings is 1. The number of halogens is 1. The molecule has 7 nitrogen and oxygen atoms in total. The Hall–Kier alpha value is -2.88. The topological polar surface area (TPSA) is 78.4 Å². The number of pyridine rings is 1. The molecule has 0 unspecified atom stereocenters. The van der Waals surface area contributed by atoms with Crippen molar-refractivity contribution < 1.29 is 9.59 Å². The lowest BCUT2D eigenvalue weighted by molar-refractivity contribution is -0.127. The maximum absolute atomic E-state index is 13.2. The number of carbonyl (C=O) groups is 2. The molecule has 33 heavy (non-hydrogen) atoms. The summed E-state index contributed by atoms with van der Waals surface area (Å²) in [6.45, 7) is 7.38.